The summed E-state index contributed by atoms with van der Waals surface area (Å²) in [6.45, 7) is 0. The van der Waals surface area contributed by atoms with Crippen LogP contribution in [0.25, 0.3) is 71.2 Å². The molecule has 0 radical (unpaired) electrons. The van der Waals surface area contributed by atoms with Gasteiger partial charge in [-0.05, 0) is 36.1 Å². The van der Waals surface area contributed by atoms with Crippen molar-refractivity contribution in [3.63, 3.8) is 0 Å². The molecule has 0 saturated heterocycles. The van der Waals surface area contributed by atoms with Gasteiger partial charge < -0.3 is 0 Å². The monoisotopic (exact) mass is 581 g/mol. The van der Waals surface area contributed by atoms with Gasteiger partial charge in [0, 0.05) is 49.3 Å². The first-order valence-corrected chi connectivity index (χ1v) is 15.9. The van der Waals surface area contributed by atoms with E-state index in [1.54, 1.807) is 0 Å². The quantitative estimate of drug-likeness (QED) is 0.207. The number of thiophene rings is 1. The maximum atomic E-state index is 5.30. The van der Waals surface area contributed by atoms with Crippen LogP contribution < -0.4 is 0 Å². The highest BCUT2D eigenvalue weighted by Gasteiger charge is 2.25. The van der Waals surface area contributed by atoms with Crippen molar-refractivity contribution in [3.05, 3.63) is 150 Å². The Bertz CT molecular complexity index is 2310. The zero-order valence-electron chi connectivity index (χ0n) is 23.9. The molecule has 8 aromatic rings. The highest BCUT2D eigenvalue weighted by Crippen LogP contribution is 2.45. The summed E-state index contributed by atoms with van der Waals surface area (Å²) in [6, 6.07) is 47.1. The standard InChI is InChI=1S/C40H27N3S/c1-4-12-26(13-5-1)29-20-23-35-33(24-29)31-21-22-32-30-18-10-11-19-36(30)44-39(32)38(31)43(35)37-25-34(27-14-6-2-7-15-27)41-40(42-37)28-16-8-3-9-17-28/h1-19,21-22,24-25H,20,23H2. The van der Waals surface area contributed by atoms with Crippen LogP contribution in [0.4, 0.5) is 0 Å². The van der Waals surface area contributed by atoms with E-state index in [1.165, 1.54) is 53.5 Å². The van der Waals surface area contributed by atoms with Crippen LogP contribution in [0.2, 0.25) is 0 Å². The fraction of sp³-hybridized carbons (Fsp3) is 0.0500. The normalized spacial score (nSPS) is 13.0. The van der Waals surface area contributed by atoms with E-state index in [0.29, 0.717) is 0 Å². The summed E-state index contributed by atoms with van der Waals surface area (Å²) in [5.41, 5.74) is 9.52. The van der Waals surface area contributed by atoms with Crippen LogP contribution in [-0.2, 0) is 6.42 Å². The Morgan fingerprint density at radius 2 is 1.23 bits per heavy atom. The number of benzene rings is 5. The van der Waals surface area contributed by atoms with Crippen molar-refractivity contribution in [3.8, 4) is 28.5 Å². The average Bonchev–Trinajstić information content (AvgIpc) is 3.65. The van der Waals surface area contributed by atoms with E-state index < -0.39 is 0 Å². The molecule has 0 N–H and O–H groups in total. The fourth-order valence-corrected chi connectivity index (χ4v) is 7.93. The topological polar surface area (TPSA) is 30.7 Å². The van der Waals surface area contributed by atoms with Crippen molar-refractivity contribution in [2.75, 3.05) is 0 Å². The van der Waals surface area contributed by atoms with Crippen LogP contribution >= 0.6 is 11.3 Å². The summed E-state index contributed by atoms with van der Waals surface area (Å²) in [5, 5.41) is 3.87. The highest BCUT2D eigenvalue weighted by atomic mass is 32.1. The third-order valence-corrected chi connectivity index (χ3v) is 9.95. The number of fused-ring (bicyclic) bond motifs is 7. The van der Waals surface area contributed by atoms with E-state index in [1.807, 2.05) is 23.5 Å². The highest BCUT2D eigenvalue weighted by molar-refractivity contribution is 7.26. The van der Waals surface area contributed by atoms with E-state index in [0.717, 1.165) is 41.3 Å². The molecule has 0 unspecified atom stereocenters. The SMILES string of the molecule is C1=C(c2ccccc2)CCc2c1c1ccc3c4ccccc4sc3c1n2-c1cc(-c2ccccc2)nc(-c2ccccc2)n1. The van der Waals surface area contributed by atoms with Crippen molar-refractivity contribution >= 4 is 54.1 Å². The number of aromatic nitrogens is 3. The van der Waals surface area contributed by atoms with Gasteiger partial charge in [-0.2, -0.15) is 0 Å². The van der Waals surface area contributed by atoms with Gasteiger partial charge in [-0.3, -0.25) is 4.57 Å². The second kappa shape index (κ2) is 10.1. The van der Waals surface area contributed by atoms with Crippen LogP contribution in [0.3, 0.4) is 0 Å². The summed E-state index contributed by atoms with van der Waals surface area (Å²) in [6.07, 6.45) is 4.33. The second-order valence-electron chi connectivity index (χ2n) is 11.3. The third kappa shape index (κ3) is 4.03. The van der Waals surface area contributed by atoms with Gasteiger partial charge in [-0.25, -0.2) is 9.97 Å². The van der Waals surface area contributed by atoms with Gasteiger partial charge in [-0.15, -0.1) is 11.3 Å². The zero-order chi connectivity index (χ0) is 29.0. The molecule has 0 amide bonds. The minimum atomic E-state index is 0.734. The number of hydrogen-bond donors (Lipinski definition) is 0. The van der Waals surface area contributed by atoms with E-state index >= 15 is 0 Å². The Kier molecular flexibility index (Phi) is 5.81. The van der Waals surface area contributed by atoms with Gasteiger partial charge in [0.1, 0.15) is 5.82 Å². The van der Waals surface area contributed by atoms with Gasteiger partial charge in [-0.1, -0.05) is 121 Å². The zero-order valence-corrected chi connectivity index (χ0v) is 24.8. The summed E-state index contributed by atoms with van der Waals surface area (Å²) >= 11 is 1.88. The Morgan fingerprint density at radius 3 is 2.00 bits per heavy atom. The van der Waals surface area contributed by atoms with Gasteiger partial charge in [0.15, 0.2) is 5.82 Å². The summed E-state index contributed by atoms with van der Waals surface area (Å²) in [5.74, 6) is 1.64. The molecular weight excluding hydrogens is 555 g/mol. The molecular formula is C40H27N3S. The molecule has 0 saturated carbocycles. The maximum absolute atomic E-state index is 5.30. The maximum Gasteiger partial charge on any atom is 0.162 e. The Balaban J connectivity index is 1.39. The molecule has 0 spiro atoms. The first-order chi connectivity index (χ1) is 21.8. The lowest BCUT2D eigenvalue weighted by Gasteiger charge is -2.18. The van der Waals surface area contributed by atoms with Crippen molar-refractivity contribution in [1.29, 1.82) is 0 Å². The van der Waals surface area contributed by atoms with Crippen molar-refractivity contribution < 1.29 is 0 Å². The molecule has 4 heteroatoms. The third-order valence-electron chi connectivity index (χ3n) is 8.75. The molecule has 0 atom stereocenters. The number of nitrogens with zero attached hydrogens (tertiary/aromatic N) is 3. The van der Waals surface area contributed by atoms with E-state index in [9.17, 15) is 0 Å². The lowest BCUT2D eigenvalue weighted by molar-refractivity contribution is 0.877. The van der Waals surface area contributed by atoms with Gasteiger partial charge in [0.2, 0.25) is 0 Å². The molecule has 9 rings (SSSR count). The first kappa shape index (κ1) is 25.2. The smallest absolute Gasteiger partial charge is 0.162 e. The minimum Gasteiger partial charge on any atom is -0.296 e. The van der Waals surface area contributed by atoms with Gasteiger partial charge in [0.05, 0.1) is 15.9 Å². The van der Waals surface area contributed by atoms with Crippen molar-refractivity contribution in [2.24, 2.45) is 0 Å². The molecule has 1 aliphatic rings. The molecule has 0 fully saturated rings. The molecule has 3 aromatic heterocycles. The van der Waals surface area contributed by atoms with E-state index in [-0.39, 0.29) is 0 Å². The first-order valence-electron chi connectivity index (χ1n) is 15.1. The molecule has 208 valence electrons. The lowest BCUT2D eigenvalue weighted by Crippen LogP contribution is -2.08. The molecule has 0 bridgehead atoms. The summed E-state index contributed by atoms with van der Waals surface area (Å²) in [7, 11) is 0. The average molecular weight is 582 g/mol. The predicted octanol–water partition coefficient (Wildman–Crippen LogP) is 10.6. The van der Waals surface area contributed by atoms with Gasteiger partial charge >= 0.3 is 0 Å². The predicted molar refractivity (Wildman–Crippen MR) is 185 cm³/mol. The van der Waals surface area contributed by atoms with Crippen LogP contribution in [0.15, 0.2) is 133 Å². The molecule has 1 aliphatic carbocycles. The molecule has 3 nitrogen and oxygen atoms in total. The Hall–Kier alpha value is -5.32. The number of hydrogen-bond acceptors (Lipinski definition) is 3. The largest absolute Gasteiger partial charge is 0.296 e. The molecule has 0 aliphatic heterocycles. The van der Waals surface area contributed by atoms with E-state index in [4.69, 9.17) is 9.97 Å². The van der Waals surface area contributed by atoms with Gasteiger partial charge in [0.25, 0.3) is 0 Å². The summed E-state index contributed by atoms with van der Waals surface area (Å²) < 4.78 is 5.05. The molecule has 44 heavy (non-hydrogen) atoms. The fourth-order valence-electron chi connectivity index (χ4n) is 6.69. The van der Waals surface area contributed by atoms with Crippen LogP contribution in [0.5, 0.6) is 0 Å². The Labute approximate surface area is 259 Å². The molecule has 3 heterocycles. The van der Waals surface area contributed by atoms with Crippen LogP contribution in [0.1, 0.15) is 23.2 Å². The van der Waals surface area contributed by atoms with Crippen molar-refractivity contribution in [1.82, 2.24) is 14.5 Å². The minimum absolute atomic E-state index is 0.734. The lowest BCUT2D eigenvalue weighted by atomic mass is 9.91. The van der Waals surface area contributed by atoms with Crippen molar-refractivity contribution in [2.45, 2.75) is 12.8 Å². The number of allylic oxidation sites excluding steroid dienone is 1. The number of rotatable bonds is 4. The summed E-state index contributed by atoms with van der Waals surface area (Å²) in [4.78, 5) is 10.4. The molecule has 5 aromatic carbocycles. The second-order valence-corrected chi connectivity index (χ2v) is 12.4. The van der Waals surface area contributed by atoms with Crippen LogP contribution in [0, 0.1) is 0 Å². The Morgan fingerprint density at radius 1 is 0.568 bits per heavy atom. The van der Waals surface area contributed by atoms with Crippen LogP contribution in [-0.4, -0.2) is 14.5 Å². The van der Waals surface area contributed by atoms with E-state index in [2.05, 4.69) is 132 Å².